The van der Waals surface area contributed by atoms with Gasteiger partial charge in [0.25, 0.3) is 11.8 Å². The van der Waals surface area contributed by atoms with Crippen LogP contribution in [0, 0.1) is 0 Å². The van der Waals surface area contributed by atoms with Crippen molar-refractivity contribution in [2.75, 3.05) is 17.2 Å². The highest BCUT2D eigenvalue weighted by atomic mass is 32.1. The topological polar surface area (TPSA) is 87.3 Å². The van der Waals surface area contributed by atoms with E-state index in [4.69, 9.17) is 0 Å². The van der Waals surface area contributed by atoms with E-state index in [-0.39, 0.29) is 24.1 Å². The maximum absolute atomic E-state index is 12.1. The molecule has 0 radical (unpaired) electrons. The molecule has 3 N–H and O–H groups in total. The van der Waals surface area contributed by atoms with Crippen LogP contribution < -0.4 is 16.0 Å². The summed E-state index contributed by atoms with van der Waals surface area (Å²) >= 11 is 2.83. The van der Waals surface area contributed by atoms with Crippen LogP contribution in [0.4, 0.5) is 11.4 Å². The predicted molar refractivity (Wildman–Crippen MR) is 113 cm³/mol. The summed E-state index contributed by atoms with van der Waals surface area (Å²) in [6.07, 6.45) is 0.826. The van der Waals surface area contributed by atoms with Gasteiger partial charge in [-0.15, -0.1) is 11.3 Å². The lowest BCUT2D eigenvalue weighted by Crippen LogP contribution is -2.25. The number of hydrogen-bond donors (Lipinski definition) is 3. The van der Waals surface area contributed by atoms with Crippen LogP contribution in [0.2, 0.25) is 0 Å². The monoisotopic (exact) mass is 413 g/mol. The molecular weight excluding hydrogens is 394 g/mol. The third kappa shape index (κ3) is 5.77. The highest BCUT2D eigenvalue weighted by molar-refractivity contribution is 7.12. The molecule has 8 heteroatoms. The van der Waals surface area contributed by atoms with Gasteiger partial charge in [-0.3, -0.25) is 14.4 Å². The van der Waals surface area contributed by atoms with E-state index in [2.05, 4.69) is 16.0 Å². The summed E-state index contributed by atoms with van der Waals surface area (Å²) in [5.74, 6) is -0.456. The number of anilines is 2. The van der Waals surface area contributed by atoms with Crippen molar-refractivity contribution in [2.45, 2.75) is 12.8 Å². The summed E-state index contributed by atoms with van der Waals surface area (Å²) in [6.45, 7) is 0.430. The van der Waals surface area contributed by atoms with Gasteiger partial charge < -0.3 is 16.0 Å². The zero-order chi connectivity index (χ0) is 19.8. The fourth-order valence-corrected chi connectivity index (χ4v) is 3.70. The van der Waals surface area contributed by atoms with Crippen molar-refractivity contribution in [1.82, 2.24) is 5.32 Å². The van der Waals surface area contributed by atoms with Crippen molar-refractivity contribution in [3.05, 3.63) is 69.0 Å². The molecule has 0 spiro atoms. The molecule has 1 aromatic carbocycles. The molecule has 28 heavy (non-hydrogen) atoms. The third-order valence-corrected chi connectivity index (χ3v) is 5.35. The van der Waals surface area contributed by atoms with Crippen molar-refractivity contribution in [2.24, 2.45) is 0 Å². The molecular formula is C20H19N3O3S2. The van der Waals surface area contributed by atoms with E-state index < -0.39 is 0 Å². The molecule has 0 bridgehead atoms. The zero-order valence-electron chi connectivity index (χ0n) is 14.9. The van der Waals surface area contributed by atoms with Gasteiger partial charge in [0.2, 0.25) is 5.91 Å². The zero-order valence-corrected chi connectivity index (χ0v) is 16.6. The Hall–Kier alpha value is -2.97. The first-order chi connectivity index (χ1) is 13.6. The molecule has 3 amide bonds. The van der Waals surface area contributed by atoms with Crippen LogP contribution in [0.3, 0.4) is 0 Å². The lowest BCUT2D eigenvalue weighted by Gasteiger charge is -2.09. The number of hydrogen-bond acceptors (Lipinski definition) is 5. The Kier molecular flexibility index (Phi) is 6.94. The van der Waals surface area contributed by atoms with Gasteiger partial charge in [0, 0.05) is 35.3 Å². The van der Waals surface area contributed by atoms with E-state index in [0.717, 1.165) is 0 Å². The van der Waals surface area contributed by atoms with Gasteiger partial charge in [0.15, 0.2) is 0 Å². The average Bonchev–Trinajstić information content (AvgIpc) is 3.39. The Bertz CT molecular complexity index is 938. The normalized spacial score (nSPS) is 10.3. The first-order valence-corrected chi connectivity index (χ1v) is 10.5. The summed E-state index contributed by atoms with van der Waals surface area (Å²) in [4.78, 5) is 36.6. The van der Waals surface area contributed by atoms with E-state index in [9.17, 15) is 14.4 Å². The minimum absolute atomic E-state index is 0.129. The second-order valence-electron chi connectivity index (χ2n) is 5.93. The molecule has 0 atom stereocenters. The van der Waals surface area contributed by atoms with Gasteiger partial charge >= 0.3 is 0 Å². The van der Waals surface area contributed by atoms with E-state index in [1.807, 2.05) is 16.8 Å². The lowest BCUT2D eigenvalue weighted by molar-refractivity contribution is -0.116. The molecule has 0 fully saturated rings. The average molecular weight is 414 g/mol. The van der Waals surface area contributed by atoms with Crippen molar-refractivity contribution in [3.8, 4) is 0 Å². The first kappa shape index (κ1) is 19.8. The fourth-order valence-electron chi connectivity index (χ4n) is 2.45. The maximum atomic E-state index is 12.1. The Labute approximate surface area is 170 Å². The van der Waals surface area contributed by atoms with Crippen molar-refractivity contribution in [3.63, 3.8) is 0 Å². The molecule has 0 aliphatic heterocycles. The number of benzene rings is 1. The summed E-state index contributed by atoms with van der Waals surface area (Å²) < 4.78 is 0. The van der Waals surface area contributed by atoms with Gasteiger partial charge in [0.1, 0.15) is 0 Å². The fraction of sp³-hybridized carbons (Fsp3) is 0.150. The molecule has 2 aromatic heterocycles. The Morgan fingerprint density at radius 3 is 2.43 bits per heavy atom. The number of carbonyl (C=O) groups excluding carboxylic acids is 3. The quantitative estimate of drug-likeness (QED) is 0.484. The molecule has 6 nitrogen and oxygen atoms in total. The Morgan fingerprint density at radius 2 is 1.71 bits per heavy atom. The van der Waals surface area contributed by atoms with Crippen LogP contribution in [0.1, 0.15) is 32.9 Å². The van der Waals surface area contributed by atoms with Crippen LogP contribution >= 0.6 is 22.7 Å². The second kappa shape index (κ2) is 9.82. The maximum Gasteiger partial charge on any atom is 0.265 e. The summed E-state index contributed by atoms with van der Waals surface area (Å²) in [6, 6.07) is 12.3. The van der Waals surface area contributed by atoms with Gasteiger partial charge in [-0.2, -0.15) is 11.3 Å². The van der Waals surface area contributed by atoms with Crippen LogP contribution in [0.5, 0.6) is 0 Å². The number of thiophene rings is 2. The third-order valence-electron chi connectivity index (χ3n) is 3.80. The molecule has 144 valence electrons. The van der Waals surface area contributed by atoms with E-state index in [1.54, 1.807) is 41.8 Å². The summed E-state index contributed by atoms with van der Waals surface area (Å²) in [5.41, 5.74) is 1.85. The molecule has 3 rings (SSSR count). The smallest absolute Gasteiger partial charge is 0.265 e. The van der Waals surface area contributed by atoms with Gasteiger partial charge in [-0.1, -0.05) is 12.1 Å². The lowest BCUT2D eigenvalue weighted by atomic mass is 10.2. The predicted octanol–water partition coefficient (Wildman–Crippen LogP) is 4.21. The Morgan fingerprint density at radius 1 is 0.893 bits per heavy atom. The number of nitrogens with one attached hydrogen (secondary N) is 3. The number of amides is 3. The highest BCUT2D eigenvalue weighted by Crippen LogP contribution is 2.18. The van der Waals surface area contributed by atoms with Gasteiger partial charge in [-0.25, -0.2) is 0 Å². The highest BCUT2D eigenvalue weighted by Gasteiger charge is 2.09. The van der Waals surface area contributed by atoms with Crippen LogP contribution in [0.25, 0.3) is 0 Å². The molecule has 3 aromatic rings. The number of rotatable bonds is 8. The van der Waals surface area contributed by atoms with Crippen LogP contribution in [0.15, 0.2) is 58.6 Å². The first-order valence-electron chi connectivity index (χ1n) is 8.67. The molecule has 0 aliphatic carbocycles. The van der Waals surface area contributed by atoms with Crippen molar-refractivity contribution in [1.29, 1.82) is 0 Å². The van der Waals surface area contributed by atoms with E-state index >= 15 is 0 Å². The van der Waals surface area contributed by atoms with E-state index in [0.29, 0.717) is 34.8 Å². The standard InChI is InChI=1S/C20H19N3O3S2/c24-18(7-2-9-21-19(25)14-8-11-27-13-14)22-15-4-1-5-16(12-15)23-20(26)17-6-3-10-28-17/h1,3-6,8,10-13H,2,7,9H2,(H,21,25)(H,22,24)(H,23,26). The van der Waals surface area contributed by atoms with Crippen molar-refractivity contribution < 1.29 is 14.4 Å². The molecule has 2 heterocycles. The minimum atomic E-state index is -0.181. The van der Waals surface area contributed by atoms with E-state index in [1.165, 1.54) is 22.7 Å². The number of carbonyl (C=O) groups is 3. The summed E-state index contributed by atoms with van der Waals surface area (Å²) in [7, 11) is 0. The minimum Gasteiger partial charge on any atom is -0.352 e. The largest absolute Gasteiger partial charge is 0.352 e. The Balaban J connectivity index is 1.42. The molecule has 0 saturated carbocycles. The molecule has 0 saturated heterocycles. The molecule has 0 unspecified atom stereocenters. The van der Waals surface area contributed by atoms with Gasteiger partial charge in [0.05, 0.1) is 4.88 Å². The van der Waals surface area contributed by atoms with Crippen LogP contribution in [-0.2, 0) is 4.79 Å². The van der Waals surface area contributed by atoms with Crippen molar-refractivity contribution >= 4 is 51.8 Å². The van der Waals surface area contributed by atoms with Gasteiger partial charge in [-0.05, 0) is 47.5 Å². The molecule has 0 aliphatic rings. The SMILES string of the molecule is O=C(CCCNC(=O)c1ccsc1)Nc1cccc(NC(=O)c2cccs2)c1. The second-order valence-corrected chi connectivity index (χ2v) is 7.66. The summed E-state index contributed by atoms with van der Waals surface area (Å²) in [5, 5.41) is 13.9. The van der Waals surface area contributed by atoms with Crippen LogP contribution in [-0.4, -0.2) is 24.3 Å².